The Morgan fingerprint density at radius 2 is 1.64 bits per heavy atom. The van der Waals surface area contributed by atoms with E-state index in [1.807, 2.05) is 0 Å². The van der Waals surface area contributed by atoms with Crippen molar-refractivity contribution in [2.75, 3.05) is 52.4 Å². The van der Waals surface area contributed by atoms with Crippen LogP contribution in [-0.4, -0.2) is 57.3 Å². The van der Waals surface area contributed by atoms with Crippen molar-refractivity contribution in [3.8, 4) is 0 Å². The minimum atomic E-state index is 1.08. The van der Waals surface area contributed by atoms with E-state index >= 15 is 0 Å². The van der Waals surface area contributed by atoms with Crippen LogP contribution in [0.1, 0.15) is 12.8 Å². The first-order chi connectivity index (χ1) is 6.86. The van der Waals surface area contributed by atoms with Gasteiger partial charge in [-0.25, -0.2) is 0 Å². The molecule has 0 aliphatic carbocycles. The Labute approximate surface area is 87.2 Å². The molecular weight excluding hydrogens is 176 g/mol. The van der Waals surface area contributed by atoms with E-state index in [1.54, 1.807) is 4.90 Å². The third-order valence-corrected chi connectivity index (χ3v) is 3.07. The first-order valence-corrected chi connectivity index (χ1v) is 6.01. The molecule has 0 saturated carbocycles. The van der Waals surface area contributed by atoms with Crippen LogP contribution < -0.4 is 16.4 Å². The minimum absolute atomic E-state index is 1.08. The topological polar surface area (TPSA) is 63.0 Å². The molecule has 0 bridgehead atoms. The summed E-state index contributed by atoms with van der Waals surface area (Å²) in [5, 5.41) is 0. The van der Waals surface area contributed by atoms with Gasteiger partial charge >= 0.3 is 0 Å². The van der Waals surface area contributed by atoms with Crippen LogP contribution >= 0.6 is 0 Å². The summed E-state index contributed by atoms with van der Waals surface area (Å²) in [6.07, 6.45) is 2.54. The summed E-state index contributed by atoms with van der Waals surface area (Å²) in [6, 6.07) is 0. The van der Waals surface area contributed by atoms with Crippen molar-refractivity contribution in [3.05, 3.63) is 0 Å². The van der Waals surface area contributed by atoms with E-state index in [4.69, 9.17) is 0 Å². The molecule has 0 aromatic heterocycles. The van der Waals surface area contributed by atoms with E-state index in [0.29, 0.717) is 0 Å². The zero-order valence-electron chi connectivity index (χ0n) is 9.43. The summed E-state index contributed by atoms with van der Waals surface area (Å²) >= 11 is 0. The highest BCUT2D eigenvalue weighted by Gasteiger charge is 2.18. The summed E-state index contributed by atoms with van der Waals surface area (Å²) in [7, 11) is 0. The second-order valence-corrected chi connectivity index (χ2v) is 4.26. The summed E-state index contributed by atoms with van der Waals surface area (Å²) in [4.78, 5) is 4.36. The second-order valence-electron chi connectivity index (χ2n) is 4.26. The molecule has 0 unspecified atom stereocenters. The Balaban J connectivity index is 2.05. The maximum atomic E-state index is 3.89. The van der Waals surface area contributed by atoms with E-state index < -0.39 is 0 Å². The fraction of sp³-hybridized carbons (Fsp3) is 1.00. The highest BCUT2D eigenvalue weighted by molar-refractivity contribution is 4.59. The predicted molar refractivity (Wildman–Crippen MR) is 56.7 cm³/mol. The highest BCUT2D eigenvalue weighted by atomic mass is 15.3. The Morgan fingerprint density at radius 3 is 2.21 bits per heavy atom. The number of hydrogen-bond donors (Lipinski definition) is 3. The van der Waals surface area contributed by atoms with Gasteiger partial charge in [0.1, 0.15) is 0 Å². The molecule has 1 heterocycles. The Morgan fingerprint density at radius 1 is 1.00 bits per heavy atom. The average Bonchev–Trinajstić information content (AvgIpc) is 2.25. The van der Waals surface area contributed by atoms with Crippen LogP contribution in [0, 0.1) is 0 Å². The van der Waals surface area contributed by atoms with E-state index in [0.717, 1.165) is 13.1 Å². The lowest BCUT2D eigenvalue weighted by Gasteiger charge is -2.31. The lowest BCUT2D eigenvalue weighted by Crippen LogP contribution is -3.14. The van der Waals surface area contributed by atoms with Crippen LogP contribution in [0.4, 0.5) is 0 Å². The SMILES string of the molecule is [NH3+]CCCN1CC[NH+](CCC[NH3+])CC1. The molecule has 1 fully saturated rings. The molecule has 4 heteroatoms. The smallest absolute Gasteiger partial charge is 0.0900 e. The molecule has 14 heavy (non-hydrogen) atoms. The van der Waals surface area contributed by atoms with Gasteiger partial charge in [-0.05, 0) is 0 Å². The number of rotatable bonds is 6. The standard InChI is InChI=1S/C10H24N4/c11-3-1-5-13-7-9-14(10-8-13)6-2-4-12/h1-12H2/p+3. The monoisotopic (exact) mass is 203 g/mol. The third kappa shape index (κ3) is 4.37. The number of nitrogens with zero attached hydrogens (tertiary/aromatic N) is 1. The van der Waals surface area contributed by atoms with Crippen LogP contribution in [0.2, 0.25) is 0 Å². The summed E-state index contributed by atoms with van der Waals surface area (Å²) < 4.78 is 0. The van der Waals surface area contributed by atoms with Crippen molar-refractivity contribution >= 4 is 0 Å². The Hall–Kier alpha value is -0.160. The highest BCUT2D eigenvalue weighted by Crippen LogP contribution is 1.90. The van der Waals surface area contributed by atoms with Gasteiger partial charge in [-0.1, -0.05) is 0 Å². The van der Waals surface area contributed by atoms with Crippen LogP contribution in [0.5, 0.6) is 0 Å². The minimum Gasteiger partial charge on any atom is -0.358 e. The molecule has 1 aliphatic heterocycles. The first-order valence-electron chi connectivity index (χ1n) is 6.01. The lowest BCUT2D eigenvalue weighted by molar-refractivity contribution is -0.905. The number of hydrogen-bond acceptors (Lipinski definition) is 1. The lowest BCUT2D eigenvalue weighted by atomic mass is 10.2. The largest absolute Gasteiger partial charge is 0.358 e. The summed E-state index contributed by atoms with van der Waals surface area (Å²) in [5.74, 6) is 0. The van der Waals surface area contributed by atoms with Crippen molar-refractivity contribution in [3.63, 3.8) is 0 Å². The van der Waals surface area contributed by atoms with E-state index in [9.17, 15) is 0 Å². The van der Waals surface area contributed by atoms with Gasteiger partial charge in [-0.2, -0.15) is 0 Å². The molecule has 1 saturated heterocycles. The second kappa shape index (κ2) is 7.17. The Bertz CT molecular complexity index is 116. The Kier molecular flexibility index (Phi) is 6.10. The van der Waals surface area contributed by atoms with E-state index in [1.165, 1.54) is 52.1 Å². The molecule has 0 spiro atoms. The molecule has 1 aliphatic rings. The zero-order chi connectivity index (χ0) is 10.2. The van der Waals surface area contributed by atoms with Crippen molar-refractivity contribution < 1.29 is 16.4 Å². The van der Waals surface area contributed by atoms with E-state index in [-0.39, 0.29) is 0 Å². The predicted octanol–water partition coefficient (Wildman–Crippen LogP) is -3.55. The fourth-order valence-corrected chi connectivity index (χ4v) is 2.05. The van der Waals surface area contributed by atoms with Crippen molar-refractivity contribution in [1.29, 1.82) is 0 Å². The molecule has 4 nitrogen and oxygen atoms in total. The fourth-order valence-electron chi connectivity index (χ4n) is 2.05. The van der Waals surface area contributed by atoms with Crippen molar-refractivity contribution in [2.45, 2.75) is 12.8 Å². The normalized spacial score (nSPS) is 20.1. The number of nitrogens with one attached hydrogen (secondary N) is 1. The zero-order valence-corrected chi connectivity index (χ0v) is 9.43. The van der Waals surface area contributed by atoms with Crippen LogP contribution in [0.3, 0.4) is 0 Å². The first kappa shape index (κ1) is 11.9. The maximum Gasteiger partial charge on any atom is 0.0900 e. The molecular formula is C10H27N4+3. The van der Waals surface area contributed by atoms with Gasteiger partial charge in [0.15, 0.2) is 0 Å². The molecule has 0 amide bonds. The summed E-state index contributed by atoms with van der Waals surface area (Å²) in [5.41, 5.74) is 7.78. The number of piperazine rings is 1. The molecule has 0 aromatic carbocycles. The molecule has 0 atom stereocenters. The molecule has 7 N–H and O–H groups in total. The molecule has 0 radical (unpaired) electrons. The van der Waals surface area contributed by atoms with Gasteiger partial charge in [-0.15, -0.1) is 0 Å². The van der Waals surface area contributed by atoms with Gasteiger partial charge in [0.2, 0.25) is 0 Å². The van der Waals surface area contributed by atoms with Crippen LogP contribution in [0.15, 0.2) is 0 Å². The molecule has 1 rings (SSSR count). The third-order valence-electron chi connectivity index (χ3n) is 3.07. The van der Waals surface area contributed by atoms with Crippen LogP contribution in [0.25, 0.3) is 0 Å². The molecule has 0 aromatic rings. The van der Waals surface area contributed by atoms with Gasteiger partial charge in [0.25, 0.3) is 0 Å². The average molecular weight is 203 g/mol. The van der Waals surface area contributed by atoms with Gasteiger partial charge in [0, 0.05) is 32.5 Å². The van der Waals surface area contributed by atoms with Crippen molar-refractivity contribution in [2.24, 2.45) is 0 Å². The van der Waals surface area contributed by atoms with Gasteiger partial charge in [0.05, 0.1) is 32.7 Å². The summed E-state index contributed by atoms with van der Waals surface area (Å²) in [6.45, 7) is 9.98. The molecule has 84 valence electrons. The maximum absolute atomic E-state index is 3.89. The van der Waals surface area contributed by atoms with Gasteiger partial charge < -0.3 is 16.4 Å². The van der Waals surface area contributed by atoms with Gasteiger partial charge in [-0.3, -0.25) is 4.90 Å². The van der Waals surface area contributed by atoms with Crippen LogP contribution in [-0.2, 0) is 0 Å². The quantitative estimate of drug-likeness (QED) is 0.411. The van der Waals surface area contributed by atoms with Crippen molar-refractivity contribution in [1.82, 2.24) is 4.90 Å². The number of quaternary nitrogens is 3. The van der Waals surface area contributed by atoms with E-state index in [2.05, 4.69) is 16.4 Å².